The number of carbonyl (C=O) groups is 2. The smallest absolute Gasteiger partial charge is 0.308 e. The lowest BCUT2D eigenvalue weighted by Gasteiger charge is -2.40. The number of allylic oxidation sites excluding steroid dienone is 1. The molecule has 0 unspecified atom stereocenters. The Hall–Kier alpha value is -1.36. The van der Waals surface area contributed by atoms with Gasteiger partial charge in [0.05, 0.1) is 32.3 Å². The lowest BCUT2D eigenvalue weighted by atomic mass is 9.93. The summed E-state index contributed by atoms with van der Waals surface area (Å²) in [6.07, 6.45) is 2.53. The van der Waals surface area contributed by atoms with Gasteiger partial charge in [0.15, 0.2) is 0 Å². The van der Waals surface area contributed by atoms with Crippen molar-refractivity contribution >= 4 is 11.9 Å². The molecule has 96 valence electrons. The summed E-state index contributed by atoms with van der Waals surface area (Å²) in [5, 5.41) is 2.82. The molecule has 5 heteroatoms. The number of nitrogens with one attached hydrogen (secondary N) is 1. The molecule has 1 amide bonds. The standard InChI is InChI=1S/C12H19NO4/c1-4-9(2)5-10(14)13-12(7-17-8-12)6-11(15)16-3/h5H,4,6-8H2,1-3H3,(H,13,14)/b9-5+. The molecule has 1 aliphatic heterocycles. The molecule has 17 heavy (non-hydrogen) atoms. The van der Waals surface area contributed by atoms with Crippen LogP contribution >= 0.6 is 0 Å². The number of amides is 1. The molecular formula is C12H19NO4. The molecular weight excluding hydrogens is 222 g/mol. The number of hydrogen-bond donors (Lipinski definition) is 1. The number of esters is 1. The minimum Gasteiger partial charge on any atom is -0.469 e. The largest absolute Gasteiger partial charge is 0.469 e. The van der Waals surface area contributed by atoms with Crippen molar-refractivity contribution in [1.29, 1.82) is 0 Å². The van der Waals surface area contributed by atoms with E-state index >= 15 is 0 Å². The predicted molar refractivity (Wildman–Crippen MR) is 62.4 cm³/mol. The molecule has 0 aromatic heterocycles. The topological polar surface area (TPSA) is 64.6 Å². The van der Waals surface area contributed by atoms with Crippen molar-refractivity contribution < 1.29 is 19.1 Å². The molecule has 0 spiro atoms. The minimum absolute atomic E-state index is 0.147. The number of hydrogen-bond acceptors (Lipinski definition) is 4. The highest BCUT2D eigenvalue weighted by Crippen LogP contribution is 2.21. The summed E-state index contributed by atoms with van der Waals surface area (Å²) in [5.41, 5.74) is 0.408. The summed E-state index contributed by atoms with van der Waals surface area (Å²) in [7, 11) is 1.33. The second-order valence-corrected chi connectivity index (χ2v) is 4.36. The third-order valence-electron chi connectivity index (χ3n) is 2.79. The Morgan fingerprint density at radius 3 is 2.53 bits per heavy atom. The molecule has 0 aromatic rings. The maximum atomic E-state index is 11.7. The van der Waals surface area contributed by atoms with Crippen LogP contribution in [-0.4, -0.2) is 37.7 Å². The van der Waals surface area contributed by atoms with Gasteiger partial charge in [-0.25, -0.2) is 0 Å². The Kier molecular flexibility index (Phi) is 4.69. The van der Waals surface area contributed by atoms with E-state index in [1.807, 2.05) is 13.8 Å². The Morgan fingerprint density at radius 2 is 2.12 bits per heavy atom. The molecule has 0 saturated carbocycles. The first kappa shape index (κ1) is 13.7. The molecule has 1 saturated heterocycles. The zero-order valence-electron chi connectivity index (χ0n) is 10.5. The first-order chi connectivity index (χ1) is 8.01. The Labute approximate surface area is 101 Å². The number of carbonyl (C=O) groups excluding carboxylic acids is 2. The summed E-state index contributed by atoms with van der Waals surface area (Å²) in [6.45, 7) is 4.58. The van der Waals surface area contributed by atoms with Crippen molar-refractivity contribution in [2.75, 3.05) is 20.3 Å². The zero-order valence-corrected chi connectivity index (χ0v) is 10.5. The van der Waals surface area contributed by atoms with E-state index in [-0.39, 0.29) is 18.3 Å². The van der Waals surface area contributed by atoms with Crippen LogP contribution < -0.4 is 5.32 Å². The molecule has 0 bridgehead atoms. The molecule has 1 fully saturated rings. The van der Waals surface area contributed by atoms with Crippen molar-refractivity contribution in [3.63, 3.8) is 0 Å². The van der Waals surface area contributed by atoms with E-state index in [1.54, 1.807) is 6.08 Å². The predicted octanol–water partition coefficient (Wildman–Crippen LogP) is 0.791. The number of rotatable bonds is 5. The van der Waals surface area contributed by atoms with Crippen LogP contribution in [-0.2, 0) is 19.1 Å². The second kappa shape index (κ2) is 5.82. The average molecular weight is 241 g/mol. The van der Waals surface area contributed by atoms with Gasteiger partial charge < -0.3 is 14.8 Å². The Morgan fingerprint density at radius 1 is 1.47 bits per heavy atom. The molecule has 1 N–H and O–H groups in total. The van der Waals surface area contributed by atoms with E-state index in [0.29, 0.717) is 13.2 Å². The summed E-state index contributed by atoms with van der Waals surface area (Å²) in [5.74, 6) is -0.527. The van der Waals surface area contributed by atoms with Crippen LogP contribution in [0.5, 0.6) is 0 Å². The summed E-state index contributed by atoms with van der Waals surface area (Å²) < 4.78 is 9.68. The van der Waals surface area contributed by atoms with Gasteiger partial charge in [0.2, 0.25) is 5.91 Å². The van der Waals surface area contributed by atoms with Gasteiger partial charge >= 0.3 is 5.97 Å². The highest BCUT2D eigenvalue weighted by Gasteiger charge is 2.42. The fraction of sp³-hybridized carbons (Fsp3) is 0.667. The van der Waals surface area contributed by atoms with E-state index in [1.165, 1.54) is 7.11 Å². The zero-order chi connectivity index (χ0) is 12.9. The van der Waals surface area contributed by atoms with Crippen molar-refractivity contribution in [2.45, 2.75) is 32.2 Å². The average Bonchev–Trinajstić information content (AvgIpc) is 2.25. The normalized spacial score (nSPS) is 18.2. The van der Waals surface area contributed by atoms with Gasteiger partial charge in [-0.2, -0.15) is 0 Å². The van der Waals surface area contributed by atoms with Crippen molar-refractivity contribution in [3.8, 4) is 0 Å². The number of ether oxygens (including phenoxy) is 2. The third-order valence-corrected chi connectivity index (χ3v) is 2.79. The van der Waals surface area contributed by atoms with Crippen LogP contribution in [0.25, 0.3) is 0 Å². The van der Waals surface area contributed by atoms with Crippen LogP contribution in [0.2, 0.25) is 0 Å². The molecule has 5 nitrogen and oxygen atoms in total. The highest BCUT2D eigenvalue weighted by atomic mass is 16.5. The molecule has 0 radical (unpaired) electrons. The molecule has 0 aromatic carbocycles. The SMILES string of the molecule is CC/C(C)=C/C(=O)NC1(CC(=O)OC)COC1. The first-order valence-corrected chi connectivity index (χ1v) is 5.65. The van der Waals surface area contributed by atoms with Crippen LogP contribution in [0.15, 0.2) is 11.6 Å². The lowest BCUT2D eigenvalue weighted by molar-refractivity contribution is -0.151. The van der Waals surface area contributed by atoms with Gasteiger partial charge in [-0.15, -0.1) is 0 Å². The van der Waals surface area contributed by atoms with E-state index in [0.717, 1.165) is 12.0 Å². The molecule has 1 heterocycles. The fourth-order valence-electron chi connectivity index (χ4n) is 1.54. The van der Waals surface area contributed by atoms with Crippen molar-refractivity contribution in [3.05, 3.63) is 11.6 Å². The lowest BCUT2D eigenvalue weighted by Crippen LogP contribution is -2.62. The van der Waals surface area contributed by atoms with E-state index in [2.05, 4.69) is 10.1 Å². The Bertz CT molecular complexity index is 331. The van der Waals surface area contributed by atoms with E-state index < -0.39 is 5.54 Å². The molecule has 0 aliphatic carbocycles. The van der Waals surface area contributed by atoms with Crippen LogP contribution in [0.4, 0.5) is 0 Å². The molecule has 1 aliphatic rings. The molecule has 0 atom stereocenters. The van der Waals surface area contributed by atoms with E-state index in [4.69, 9.17) is 4.74 Å². The Balaban J connectivity index is 2.57. The summed E-state index contributed by atoms with van der Waals surface area (Å²) in [6, 6.07) is 0. The first-order valence-electron chi connectivity index (χ1n) is 5.65. The molecule has 1 rings (SSSR count). The van der Waals surface area contributed by atoms with Crippen LogP contribution in [0, 0.1) is 0 Å². The van der Waals surface area contributed by atoms with Gasteiger partial charge in [0.1, 0.15) is 0 Å². The second-order valence-electron chi connectivity index (χ2n) is 4.36. The van der Waals surface area contributed by atoms with Gasteiger partial charge in [0, 0.05) is 6.08 Å². The van der Waals surface area contributed by atoms with Gasteiger partial charge in [-0.3, -0.25) is 9.59 Å². The highest BCUT2D eigenvalue weighted by molar-refractivity contribution is 5.89. The number of methoxy groups -OCH3 is 1. The van der Waals surface area contributed by atoms with E-state index in [9.17, 15) is 9.59 Å². The maximum Gasteiger partial charge on any atom is 0.308 e. The summed E-state index contributed by atoms with van der Waals surface area (Å²) >= 11 is 0. The monoisotopic (exact) mass is 241 g/mol. The fourth-order valence-corrected chi connectivity index (χ4v) is 1.54. The van der Waals surface area contributed by atoms with Gasteiger partial charge in [-0.1, -0.05) is 12.5 Å². The van der Waals surface area contributed by atoms with Crippen molar-refractivity contribution in [1.82, 2.24) is 5.32 Å². The summed E-state index contributed by atoms with van der Waals surface area (Å²) in [4.78, 5) is 22.9. The van der Waals surface area contributed by atoms with Crippen LogP contribution in [0.1, 0.15) is 26.7 Å². The quantitative estimate of drug-likeness (QED) is 0.571. The van der Waals surface area contributed by atoms with Crippen molar-refractivity contribution in [2.24, 2.45) is 0 Å². The van der Waals surface area contributed by atoms with Gasteiger partial charge in [0.25, 0.3) is 0 Å². The van der Waals surface area contributed by atoms with Crippen LogP contribution in [0.3, 0.4) is 0 Å². The maximum absolute atomic E-state index is 11.7. The van der Waals surface area contributed by atoms with Gasteiger partial charge in [-0.05, 0) is 13.3 Å². The minimum atomic E-state index is -0.589. The third kappa shape index (κ3) is 3.85.